The SMILES string of the molecule is NCCC1COC(c2cccc(C(F)(F)F)c2)O1. The number of hydrogen-bond acceptors (Lipinski definition) is 3. The maximum Gasteiger partial charge on any atom is 0.416 e. The molecule has 0 saturated carbocycles. The van der Waals surface area contributed by atoms with Crippen LogP contribution in [0.5, 0.6) is 0 Å². The van der Waals surface area contributed by atoms with Crippen LogP contribution in [0.3, 0.4) is 0 Å². The fourth-order valence-electron chi connectivity index (χ4n) is 1.82. The van der Waals surface area contributed by atoms with E-state index in [4.69, 9.17) is 15.2 Å². The Balaban J connectivity index is 2.10. The molecule has 1 aliphatic rings. The third-order valence-corrected chi connectivity index (χ3v) is 2.72. The van der Waals surface area contributed by atoms with Crippen molar-refractivity contribution in [3.8, 4) is 0 Å². The van der Waals surface area contributed by atoms with Crippen LogP contribution in [0.15, 0.2) is 24.3 Å². The van der Waals surface area contributed by atoms with E-state index in [1.807, 2.05) is 0 Å². The Morgan fingerprint density at radius 3 is 2.78 bits per heavy atom. The summed E-state index contributed by atoms with van der Waals surface area (Å²) in [5.41, 5.74) is 5.07. The number of alkyl halides is 3. The second-order valence-electron chi connectivity index (χ2n) is 4.12. The molecule has 1 fully saturated rings. The molecule has 2 atom stereocenters. The van der Waals surface area contributed by atoms with Gasteiger partial charge in [-0.2, -0.15) is 13.2 Å². The van der Waals surface area contributed by atoms with Gasteiger partial charge < -0.3 is 15.2 Å². The van der Waals surface area contributed by atoms with E-state index in [1.54, 1.807) is 6.07 Å². The zero-order valence-corrected chi connectivity index (χ0v) is 9.61. The molecule has 0 amide bonds. The minimum Gasteiger partial charge on any atom is -0.346 e. The highest BCUT2D eigenvalue weighted by atomic mass is 19.4. The minimum absolute atomic E-state index is 0.144. The van der Waals surface area contributed by atoms with Gasteiger partial charge >= 0.3 is 6.18 Å². The monoisotopic (exact) mass is 261 g/mol. The van der Waals surface area contributed by atoms with Crippen LogP contribution in [-0.2, 0) is 15.7 Å². The molecular formula is C12H14F3NO2. The first-order valence-corrected chi connectivity index (χ1v) is 5.65. The third kappa shape index (κ3) is 3.01. The van der Waals surface area contributed by atoms with Crippen molar-refractivity contribution in [3.63, 3.8) is 0 Å². The van der Waals surface area contributed by atoms with Crippen LogP contribution in [-0.4, -0.2) is 19.3 Å². The highest BCUT2D eigenvalue weighted by Gasteiger charge is 2.32. The van der Waals surface area contributed by atoms with Crippen molar-refractivity contribution in [3.05, 3.63) is 35.4 Å². The van der Waals surface area contributed by atoms with Crippen LogP contribution in [0.4, 0.5) is 13.2 Å². The van der Waals surface area contributed by atoms with Crippen molar-refractivity contribution in [2.75, 3.05) is 13.2 Å². The molecule has 0 bridgehead atoms. The molecule has 1 saturated heterocycles. The maximum absolute atomic E-state index is 12.6. The summed E-state index contributed by atoms with van der Waals surface area (Å²) < 4.78 is 48.5. The first-order chi connectivity index (χ1) is 8.50. The summed E-state index contributed by atoms with van der Waals surface area (Å²) in [7, 11) is 0. The Labute approximate surface area is 103 Å². The van der Waals surface area contributed by atoms with Crippen molar-refractivity contribution >= 4 is 0 Å². The highest BCUT2D eigenvalue weighted by molar-refractivity contribution is 5.26. The number of halogens is 3. The molecule has 1 aromatic rings. The summed E-state index contributed by atoms with van der Waals surface area (Å²) in [6.45, 7) is 0.821. The summed E-state index contributed by atoms with van der Waals surface area (Å²) in [6.07, 6.45) is -4.60. The Hall–Kier alpha value is -1.11. The summed E-state index contributed by atoms with van der Waals surface area (Å²) >= 11 is 0. The summed E-state index contributed by atoms with van der Waals surface area (Å²) in [5, 5.41) is 0. The number of hydrogen-bond donors (Lipinski definition) is 1. The fourth-order valence-corrected chi connectivity index (χ4v) is 1.82. The molecule has 100 valence electrons. The smallest absolute Gasteiger partial charge is 0.346 e. The van der Waals surface area contributed by atoms with E-state index in [0.29, 0.717) is 25.1 Å². The van der Waals surface area contributed by atoms with Gasteiger partial charge in [-0.25, -0.2) is 0 Å². The van der Waals surface area contributed by atoms with Crippen molar-refractivity contribution < 1.29 is 22.6 Å². The van der Waals surface area contributed by atoms with Gasteiger partial charge in [0.1, 0.15) is 0 Å². The van der Waals surface area contributed by atoms with Gasteiger partial charge in [-0.05, 0) is 25.1 Å². The summed E-state index contributed by atoms with van der Waals surface area (Å²) in [5.74, 6) is 0. The molecule has 3 nitrogen and oxygen atoms in total. The van der Waals surface area contributed by atoms with Crippen molar-refractivity contribution in [2.45, 2.75) is 25.0 Å². The standard InChI is InChI=1S/C12H14F3NO2/c13-12(14,15)9-3-1-2-8(6-9)11-17-7-10(18-11)4-5-16/h1-3,6,10-11H,4-5,7,16H2. The summed E-state index contributed by atoms with van der Waals surface area (Å²) in [4.78, 5) is 0. The lowest BCUT2D eigenvalue weighted by atomic mass is 10.1. The molecule has 0 radical (unpaired) electrons. The molecule has 0 aliphatic carbocycles. The number of nitrogens with two attached hydrogens (primary N) is 1. The van der Waals surface area contributed by atoms with Gasteiger partial charge in [0.15, 0.2) is 6.29 Å². The first kappa shape index (κ1) is 13.3. The highest BCUT2D eigenvalue weighted by Crippen LogP contribution is 2.33. The second kappa shape index (κ2) is 5.26. The van der Waals surface area contributed by atoms with E-state index in [2.05, 4.69) is 0 Å². The van der Waals surface area contributed by atoms with Crippen LogP contribution in [0.1, 0.15) is 23.8 Å². The summed E-state index contributed by atoms with van der Waals surface area (Å²) in [6, 6.07) is 4.98. The van der Waals surface area contributed by atoms with Gasteiger partial charge in [0.2, 0.25) is 0 Å². The Kier molecular flexibility index (Phi) is 3.89. The lowest BCUT2D eigenvalue weighted by Gasteiger charge is -2.13. The van der Waals surface area contributed by atoms with Gasteiger partial charge in [-0.3, -0.25) is 0 Å². The predicted octanol–water partition coefficient (Wildman–Crippen LogP) is 2.47. The molecule has 2 N–H and O–H groups in total. The molecule has 0 aromatic heterocycles. The molecule has 6 heteroatoms. The van der Waals surface area contributed by atoms with E-state index in [9.17, 15) is 13.2 Å². The number of ether oxygens (including phenoxy) is 2. The second-order valence-corrected chi connectivity index (χ2v) is 4.12. The number of rotatable bonds is 3. The van der Waals surface area contributed by atoms with E-state index >= 15 is 0 Å². The lowest BCUT2D eigenvalue weighted by Crippen LogP contribution is -2.15. The molecule has 1 aromatic carbocycles. The zero-order chi connectivity index (χ0) is 13.2. The van der Waals surface area contributed by atoms with Crippen LogP contribution in [0.2, 0.25) is 0 Å². The average molecular weight is 261 g/mol. The van der Waals surface area contributed by atoms with Gasteiger partial charge in [0.25, 0.3) is 0 Å². The predicted molar refractivity (Wildman–Crippen MR) is 58.7 cm³/mol. The maximum atomic E-state index is 12.6. The van der Waals surface area contributed by atoms with Gasteiger partial charge in [-0.15, -0.1) is 0 Å². The quantitative estimate of drug-likeness (QED) is 0.909. The molecular weight excluding hydrogens is 247 g/mol. The van der Waals surface area contributed by atoms with Crippen LogP contribution in [0.25, 0.3) is 0 Å². The first-order valence-electron chi connectivity index (χ1n) is 5.65. The molecule has 18 heavy (non-hydrogen) atoms. The Morgan fingerprint density at radius 1 is 1.33 bits per heavy atom. The van der Waals surface area contributed by atoms with Gasteiger partial charge in [-0.1, -0.05) is 12.1 Å². The normalized spacial score (nSPS) is 24.4. The van der Waals surface area contributed by atoms with Crippen molar-refractivity contribution in [2.24, 2.45) is 5.73 Å². The zero-order valence-electron chi connectivity index (χ0n) is 9.61. The van der Waals surface area contributed by atoms with Crippen LogP contribution < -0.4 is 5.73 Å². The van der Waals surface area contributed by atoms with Gasteiger partial charge in [0.05, 0.1) is 18.3 Å². The Morgan fingerprint density at radius 2 is 2.11 bits per heavy atom. The molecule has 0 spiro atoms. The van der Waals surface area contributed by atoms with Crippen molar-refractivity contribution in [1.29, 1.82) is 0 Å². The molecule has 2 unspecified atom stereocenters. The van der Waals surface area contributed by atoms with E-state index in [1.165, 1.54) is 6.07 Å². The largest absolute Gasteiger partial charge is 0.416 e. The third-order valence-electron chi connectivity index (χ3n) is 2.72. The minimum atomic E-state index is -4.36. The Bertz CT molecular complexity index is 409. The van der Waals surface area contributed by atoms with Gasteiger partial charge in [0, 0.05) is 5.56 Å². The van der Waals surface area contributed by atoms with Crippen LogP contribution in [0, 0.1) is 0 Å². The topological polar surface area (TPSA) is 44.5 Å². The number of benzene rings is 1. The van der Waals surface area contributed by atoms with E-state index in [0.717, 1.165) is 12.1 Å². The van der Waals surface area contributed by atoms with E-state index in [-0.39, 0.29) is 6.10 Å². The van der Waals surface area contributed by atoms with Crippen LogP contribution >= 0.6 is 0 Å². The fraction of sp³-hybridized carbons (Fsp3) is 0.500. The molecule has 2 rings (SSSR count). The lowest BCUT2D eigenvalue weighted by molar-refractivity contribution is -0.137. The van der Waals surface area contributed by atoms with Crippen molar-refractivity contribution in [1.82, 2.24) is 0 Å². The average Bonchev–Trinajstić information content (AvgIpc) is 2.77. The molecule has 1 aliphatic heterocycles. The molecule has 1 heterocycles. The van der Waals surface area contributed by atoms with E-state index < -0.39 is 18.0 Å².